The SMILES string of the molecule is Cc1ccc(N(Cc2ccco2)C(=O)c2ccc(Cl)o2)cc1. The second-order valence-electron chi connectivity index (χ2n) is 4.91. The van der Waals surface area contributed by atoms with Gasteiger partial charge in [0.2, 0.25) is 0 Å². The Morgan fingerprint density at radius 3 is 2.50 bits per heavy atom. The molecule has 5 heteroatoms. The van der Waals surface area contributed by atoms with Crippen LogP contribution in [-0.2, 0) is 6.54 Å². The van der Waals surface area contributed by atoms with E-state index in [1.165, 1.54) is 0 Å². The monoisotopic (exact) mass is 315 g/mol. The fourth-order valence-electron chi connectivity index (χ4n) is 2.13. The van der Waals surface area contributed by atoms with Crippen molar-refractivity contribution in [1.82, 2.24) is 0 Å². The van der Waals surface area contributed by atoms with Crippen molar-refractivity contribution in [2.75, 3.05) is 4.90 Å². The number of rotatable bonds is 4. The van der Waals surface area contributed by atoms with E-state index in [9.17, 15) is 4.79 Å². The maximum atomic E-state index is 12.7. The predicted molar refractivity (Wildman–Crippen MR) is 84.1 cm³/mol. The second-order valence-corrected chi connectivity index (χ2v) is 5.28. The first-order chi connectivity index (χ1) is 10.6. The maximum absolute atomic E-state index is 12.7. The summed E-state index contributed by atoms with van der Waals surface area (Å²) in [5.41, 5.74) is 1.88. The summed E-state index contributed by atoms with van der Waals surface area (Å²) >= 11 is 5.76. The Labute approximate surface area is 132 Å². The number of hydrogen-bond acceptors (Lipinski definition) is 3. The van der Waals surface area contributed by atoms with Crippen LogP contribution in [0, 0.1) is 6.92 Å². The van der Waals surface area contributed by atoms with E-state index in [0.717, 1.165) is 11.3 Å². The minimum Gasteiger partial charge on any atom is -0.467 e. The summed E-state index contributed by atoms with van der Waals surface area (Å²) < 4.78 is 10.6. The predicted octanol–water partition coefficient (Wildman–Crippen LogP) is 4.68. The van der Waals surface area contributed by atoms with Gasteiger partial charge in [-0.3, -0.25) is 9.69 Å². The Kier molecular flexibility index (Phi) is 4.02. The van der Waals surface area contributed by atoms with Crippen molar-refractivity contribution in [3.8, 4) is 0 Å². The Bertz CT molecular complexity index is 760. The third-order valence-electron chi connectivity index (χ3n) is 3.27. The average Bonchev–Trinajstić information content (AvgIpc) is 3.17. The molecular weight excluding hydrogens is 302 g/mol. The number of aryl methyl sites for hydroxylation is 1. The van der Waals surface area contributed by atoms with Gasteiger partial charge in [-0.1, -0.05) is 17.7 Å². The summed E-state index contributed by atoms with van der Waals surface area (Å²) in [6.45, 7) is 2.31. The van der Waals surface area contributed by atoms with Crippen LogP contribution in [0.1, 0.15) is 21.9 Å². The van der Waals surface area contributed by atoms with Gasteiger partial charge in [0.25, 0.3) is 5.91 Å². The van der Waals surface area contributed by atoms with E-state index in [0.29, 0.717) is 12.3 Å². The first kappa shape index (κ1) is 14.5. The summed E-state index contributed by atoms with van der Waals surface area (Å²) in [7, 11) is 0. The van der Waals surface area contributed by atoms with Crippen molar-refractivity contribution in [2.45, 2.75) is 13.5 Å². The van der Waals surface area contributed by atoms with Crippen molar-refractivity contribution in [1.29, 1.82) is 0 Å². The molecule has 3 aromatic rings. The van der Waals surface area contributed by atoms with Crippen LogP contribution in [0.15, 0.2) is 63.6 Å². The molecule has 0 spiro atoms. The smallest absolute Gasteiger partial charge is 0.294 e. The maximum Gasteiger partial charge on any atom is 0.294 e. The Morgan fingerprint density at radius 1 is 1.14 bits per heavy atom. The molecule has 22 heavy (non-hydrogen) atoms. The molecule has 0 bridgehead atoms. The van der Waals surface area contributed by atoms with Crippen LogP contribution >= 0.6 is 11.6 Å². The minimum absolute atomic E-state index is 0.185. The number of carbonyl (C=O) groups is 1. The molecule has 0 unspecified atom stereocenters. The van der Waals surface area contributed by atoms with Crippen molar-refractivity contribution in [2.24, 2.45) is 0 Å². The molecule has 0 saturated carbocycles. The molecule has 1 aromatic carbocycles. The first-order valence-electron chi connectivity index (χ1n) is 6.80. The lowest BCUT2D eigenvalue weighted by atomic mass is 10.2. The molecule has 0 aliphatic heterocycles. The molecule has 2 aromatic heterocycles. The van der Waals surface area contributed by atoms with E-state index in [-0.39, 0.29) is 16.9 Å². The van der Waals surface area contributed by atoms with Crippen LogP contribution in [0.25, 0.3) is 0 Å². The molecule has 0 aliphatic carbocycles. The van der Waals surface area contributed by atoms with Gasteiger partial charge in [-0.25, -0.2) is 0 Å². The highest BCUT2D eigenvalue weighted by molar-refractivity contribution is 6.29. The summed E-state index contributed by atoms with van der Waals surface area (Å²) in [6.07, 6.45) is 1.58. The van der Waals surface area contributed by atoms with Crippen molar-refractivity contribution < 1.29 is 13.6 Å². The number of carbonyl (C=O) groups excluding carboxylic acids is 1. The Balaban J connectivity index is 1.94. The lowest BCUT2D eigenvalue weighted by molar-refractivity contribution is 0.0956. The lowest BCUT2D eigenvalue weighted by Gasteiger charge is -2.21. The quantitative estimate of drug-likeness (QED) is 0.702. The van der Waals surface area contributed by atoms with Crippen LogP contribution in [0.2, 0.25) is 5.22 Å². The van der Waals surface area contributed by atoms with Gasteiger partial charge >= 0.3 is 0 Å². The first-order valence-corrected chi connectivity index (χ1v) is 7.17. The highest BCUT2D eigenvalue weighted by Gasteiger charge is 2.22. The van der Waals surface area contributed by atoms with Gasteiger partial charge in [0.1, 0.15) is 5.76 Å². The fraction of sp³-hybridized carbons (Fsp3) is 0.118. The van der Waals surface area contributed by atoms with E-state index in [4.69, 9.17) is 20.4 Å². The molecule has 1 amide bonds. The molecule has 3 rings (SSSR count). The standard InChI is InChI=1S/C17H14ClNO3/c1-12-4-6-13(7-5-12)19(11-14-3-2-10-21-14)17(20)15-8-9-16(18)22-15/h2-10H,11H2,1H3. The van der Waals surface area contributed by atoms with Gasteiger partial charge in [-0.05, 0) is 54.9 Å². The normalized spacial score (nSPS) is 10.6. The number of nitrogens with zero attached hydrogens (tertiary/aromatic N) is 1. The summed E-state index contributed by atoms with van der Waals surface area (Å²) in [6, 6.07) is 14.4. The number of furan rings is 2. The third kappa shape index (κ3) is 3.07. The molecule has 112 valence electrons. The molecule has 0 N–H and O–H groups in total. The summed E-state index contributed by atoms with van der Waals surface area (Å²) in [4.78, 5) is 14.3. The van der Waals surface area contributed by atoms with Crippen LogP contribution in [-0.4, -0.2) is 5.91 Å². The van der Waals surface area contributed by atoms with Gasteiger partial charge in [-0.2, -0.15) is 0 Å². The zero-order valence-electron chi connectivity index (χ0n) is 12.0. The van der Waals surface area contributed by atoms with Crippen molar-refractivity contribution in [3.05, 3.63) is 77.1 Å². The fourth-order valence-corrected chi connectivity index (χ4v) is 2.27. The Hall–Kier alpha value is -2.46. The van der Waals surface area contributed by atoms with Gasteiger partial charge < -0.3 is 8.83 Å². The van der Waals surface area contributed by atoms with E-state index in [1.54, 1.807) is 29.4 Å². The highest BCUT2D eigenvalue weighted by atomic mass is 35.5. The molecular formula is C17H14ClNO3. The van der Waals surface area contributed by atoms with Gasteiger partial charge in [-0.15, -0.1) is 0 Å². The minimum atomic E-state index is -0.271. The molecule has 0 radical (unpaired) electrons. The lowest BCUT2D eigenvalue weighted by Crippen LogP contribution is -2.29. The van der Waals surface area contributed by atoms with Gasteiger partial charge in [0, 0.05) is 5.69 Å². The third-order valence-corrected chi connectivity index (χ3v) is 3.47. The van der Waals surface area contributed by atoms with Crippen LogP contribution in [0.3, 0.4) is 0 Å². The molecule has 4 nitrogen and oxygen atoms in total. The zero-order chi connectivity index (χ0) is 15.5. The molecule has 0 atom stereocenters. The van der Waals surface area contributed by atoms with Gasteiger partial charge in [0.05, 0.1) is 12.8 Å². The largest absolute Gasteiger partial charge is 0.467 e. The van der Waals surface area contributed by atoms with Crippen LogP contribution < -0.4 is 4.90 Å². The summed E-state index contributed by atoms with van der Waals surface area (Å²) in [5, 5.41) is 0.185. The topological polar surface area (TPSA) is 46.6 Å². The highest BCUT2D eigenvalue weighted by Crippen LogP contribution is 2.23. The molecule has 2 heterocycles. The second kappa shape index (κ2) is 6.12. The Morgan fingerprint density at radius 2 is 1.91 bits per heavy atom. The van der Waals surface area contributed by atoms with Gasteiger partial charge in [0.15, 0.2) is 11.0 Å². The number of benzene rings is 1. The number of hydrogen-bond donors (Lipinski definition) is 0. The van der Waals surface area contributed by atoms with Crippen LogP contribution in [0.4, 0.5) is 5.69 Å². The summed E-state index contributed by atoms with van der Waals surface area (Å²) in [5.74, 6) is 0.607. The van der Waals surface area contributed by atoms with Crippen molar-refractivity contribution >= 4 is 23.2 Å². The van der Waals surface area contributed by atoms with E-state index >= 15 is 0 Å². The zero-order valence-corrected chi connectivity index (χ0v) is 12.7. The van der Waals surface area contributed by atoms with E-state index in [2.05, 4.69) is 0 Å². The average molecular weight is 316 g/mol. The van der Waals surface area contributed by atoms with E-state index in [1.807, 2.05) is 37.3 Å². The van der Waals surface area contributed by atoms with Crippen LogP contribution in [0.5, 0.6) is 0 Å². The number of halogens is 1. The number of amides is 1. The molecule has 0 fully saturated rings. The van der Waals surface area contributed by atoms with E-state index < -0.39 is 0 Å². The molecule has 0 aliphatic rings. The molecule has 0 saturated heterocycles. The number of anilines is 1. The van der Waals surface area contributed by atoms with Crippen molar-refractivity contribution in [3.63, 3.8) is 0 Å².